The van der Waals surface area contributed by atoms with Gasteiger partial charge in [-0.3, -0.25) is 14.5 Å². The van der Waals surface area contributed by atoms with Gasteiger partial charge in [0.2, 0.25) is 5.76 Å². The first-order valence-electron chi connectivity index (χ1n) is 11.6. The highest BCUT2D eigenvalue weighted by atomic mass is 16.5. The maximum Gasteiger partial charge on any atom is 0.295 e. The third-order valence-corrected chi connectivity index (χ3v) is 6.37. The zero-order chi connectivity index (χ0) is 24.0. The molecule has 0 radical (unpaired) electrons. The van der Waals surface area contributed by atoms with Crippen LogP contribution < -0.4 is 15.1 Å². The van der Waals surface area contributed by atoms with Crippen molar-refractivity contribution in [2.24, 2.45) is 0 Å². The van der Waals surface area contributed by atoms with Crippen LogP contribution in [0.2, 0.25) is 0 Å². The topological polar surface area (TPSA) is 59.8 Å². The number of hydrogen-bond acceptors (Lipinski definition) is 4. The first-order valence-corrected chi connectivity index (χ1v) is 11.6. The fraction of sp³-hybridized carbons (Fsp3) is 0.241. The Morgan fingerprint density at radius 3 is 2.32 bits per heavy atom. The molecule has 1 atom stereocenters. The fourth-order valence-corrected chi connectivity index (χ4v) is 4.60. The summed E-state index contributed by atoms with van der Waals surface area (Å²) in [5, 5.41) is 0.490. The van der Waals surface area contributed by atoms with Crippen LogP contribution in [0, 0.1) is 6.92 Å². The summed E-state index contributed by atoms with van der Waals surface area (Å²) in [6.45, 7) is 8.70. The van der Waals surface area contributed by atoms with E-state index < -0.39 is 6.04 Å². The number of carbonyl (C=O) groups excluding carboxylic acids is 1. The van der Waals surface area contributed by atoms with E-state index in [1.165, 1.54) is 5.56 Å². The molecule has 1 amide bonds. The molecule has 1 unspecified atom stereocenters. The Labute approximate surface area is 198 Å². The van der Waals surface area contributed by atoms with E-state index in [-0.39, 0.29) is 17.1 Å². The lowest BCUT2D eigenvalue weighted by Gasteiger charge is -2.25. The van der Waals surface area contributed by atoms with Crippen LogP contribution in [0.25, 0.3) is 11.0 Å². The minimum atomic E-state index is -0.581. The lowest BCUT2D eigenvalue weighted by molar-refractivity contribution is 0.0971. The molecule has 2 heterocycles. The normalized spacial score (nSPS) is 15.3. The molecule has 0 N–H and O–H groups in total. The second kappa shape index (κ2) is 8.49. The average Bonchev–Trinajstić information content (AvgIpc) is 3.13. The first-order chi connectivity index (χ1) is 16.4. The van der Waals surface area contributed by atoms with E-state index in [2.05, 4.69) is 26.0 Å². The van der Waals surface area contributed by atoms with Crippen LogP contribution >= 0.6 is 0 Å². The van der Waals surface area contributed by atoms with Crippen LogP contribution in [0.15, 0.2) is 75.9 Å². The van der Waals surface area contributed by atoms with Gasteiger partial charge in [-0.15, -0.1) is 0 Å². The summed E-state index contributed by atoms with van der Waals surface area (Å²) >= 11 is 0. The van der Waals surface area contributed by atoms with Crippen molar-refractivity contribution in [1.29, 1.82) is 0 Å². The third-order valence-electron chi connectivity index (χ3n) is 6.37. The molecule has 0 spiro atoms. The highest BCUT2D eigenvalue weighted by molar-refractivity contribution is 6.10. The van der Waals surface area contributed by atoms with Crippen molar-refractivity contribution < 1.29 is 13.9 Å². The Balaban J connectivity index is 1.72. The Bertz CT molecular complexity index is 1430. The van der Waals surface area contributed by atoms with E-state index in [4.69, 9.17) is 9.15 Å². The van der Waals surface area contributed by atoms with Crippen LogP contribution in [-0.2, 0) is 0 Å². The van der Waals surface area contributed by atoms with Gasteiger partial charge in [-0.1, -0.05) is 49.7 Å². The van der Waals surface area contributed by atoms with Gasteiger partial charge in [0.15, 0.2) is 5.43 Å². The molecular formula is C29H27NO4. The van der Waals surface area contributed by atoms with Gasteiger partial charge >= 0.3 is 0 Å². The molecule has 3 aromatic carbocycles. The van der Waals surface area contributed by atoms with E-state index in [1.54, 1.807) is 11.0 Å². The van der Waals surface area contributed by atoms with Gasteiger partial charge in [0.05, 0.1) is 23.6 Å². The van der Waals surface area contributed by atoms with E-state index in [1.807, 2.05) is 62.4 Å². The molecule has 5 nitrogen and oxygen atoms in total. The molecule has 5 rings (SSSR count). The van der Waals surface area contributed by atoms with E-state index in [0.29, 0.717) is 34.7 Å². The van der Waals surface area contributed by atoms with E-state index in [9.17, 15) is 9.59 Å². The second-order valence-electron chi connectivity index (χ2n) is 9.00. The van der Waals surface area contributed by atoms with Crippen LogP contribution in [0.3, 0.4) is 0 Å². The Kier molecular flexibility index (Phi) is 5.48. The molecule has 1 aliphatic heterocycles. The summed E-state index contributed by atoms with van der Waals surface area (Å²) < 4.78 is 11.6. The van der Waals surface area contributed by atoms with Gasteiger partial charge in [-0.2, -0.15) is 0 Å². The monoisotopic (exact) mass is 453 g/mol. The maximum absolute atomic E-state index is 13.7. The van der Waals surface area contributed by atoms with Crippen molar-refractivity contribution in [3.8, 4) is 5.75 Å². The van der Waals surface area contributed by atoms with E-state index in [0.717, 1.165) is 16.9 Å². The number of rotatable bonds is 5. The van der Waals surface area contributed by atoms with Crippen molar-refractivity contribution in [3.63, 3.8) is 0 Å². The maximum atomic E-state index is 13.7. The molecule has 1 aromatic heterocycles. The molecule has 0 aliphatic carbocycles. The van der Waals surface area contributed by atoms with Crippen LogP contribution in [0.1, 0.15) is 65.5 Å². The summed E-state index contributed by atoms with van der Waals surface area (Å²) in [5.41, 5.74) is 4.34. The summed E-state index contributed by atoms with van der Waals surface area (Å²) in [6, 6.07) is 20.4. The number of aryl methyl sites for hydroxylation is 1. The number of fused-ring (bicyclic) bond motifs is 2. The predicted molar refractivity (Wildman–Crippen MR) is 134 cm³/mol. The van der Waals surface area contributed by atoms with Gasteiger partial charge in [0, 0.05) is 5.69 Å². The molecule has 0 saturated heterocycles. The minimum Gasteiger partial charge on any atom is -0.494 e. The Hall–Kier alpha value is -3.86. The van der Waals surface area contributed by atoms with Crippen LogP contribution in [0.5, 0.6) is 5.75 Å². The van der Waals surface area contributed by atoms with Gasteiger partial charge in [-0.25, -0.2) is 0 Å². The molecule has 5 heteroatoms. The van der Waals surface area contributed by atoms with Crippen molar-refractivity contribution in [2.75, 3.05) is 11.5 Å². The number of nitrogens with zero attached hydrogens (tertiary/aromatic N) is 1. The SMILES string of the molecule is CCOc1ccc(N2C(=O)c3oc4ccc(C)cc4c(=O)c3C2c2ccc(C(C)C)cc2)cc1. The average molecular weight is 454 g/mol. The van der Waals surface area contributed by atoms with Gasteiger partial charge in [-0.05, 0) is 67.3 Å². The Morgan fingerprint density at radius 1 is 0.971 bits per heavy atom. The second-order valence-corrected chi connectivity index (χ2v) is 9.00. The highest BCUT2D eigenvalue weighted by Crippen LogP contribution is 2.41. The van der Waals surface area contributed by atoms with Crippen molar-refractivity contribution in [1.82, 2.24) is 0 Å². The number of anilines is 1. The number of benzene rings is 3. The highest BCUT2D eigenvalue weighted by Gasteiger charge is 2.43. The largest absolute Gasteiger partial charge is 0.494 e. The number of hydrogen-bond donors (Lipinski definition) is 0. The van der Waals surface area contributed by atoms with Gasteiger partial charge in [0.25, 0.3) is 5.91 Å². The molecule has 34 heavy (non-hydrogen) atoms. The fourth-order valence-electron chi connectivity index (χ4n) is 4.60. The Morgan fingerprint density at radius 2 is 1.68 bits per heavy atom. The van der Waals surface area contributed by atoms with E-state index >= 15 is 0 Å². The number of carbonyl (C=O) groups is 1. The summed E-state index contributed by atoms with van der Waals surface area (Å²) in [7, 11) is 0. The molecule has 4 aromatic rings. The zero-order valence-corrected chi connectivity index (χ0v) is 19.8. The summed E-state index contributed by atoms with van der Waals surface area (Å²) in [4.78, 5) is 29.1. The molecule has 0 bridgehead atoms. The third kappa shape index (κ3) is 3.58. The quantitative estimate of drug-likeness (QED) is 0.352. The summed E-state index contributed by atoms with van der Waals surface area (Å²) in [6.07, 6.45) is 0. The first kappa shape index (κ1) is 22.0. The smallest absolute Gasteiger partial charge is 0.295 e. The molecular weight excluding hydrogens is 426 g/mol. The molecule has 172 valence electrons. The zero-order valence-electron chi connectivity index (χ0n) is 19.8. The van der Waals surface area contributed by atoms with Crippen molar-refractivity contribution in [3.05, 3.63) is 105 Å². The lowest BCUT2D eigenvalue weighted by Crippen LogP contribution is -2.29. The number of ether oxygens (including phenoxy) is 1. The van der Waals surface area contributed by atoms with Crippen molar-refractivity contribution >= 4 is 22.6 Å². The lowest BCUT2D eigenvalue weighted by atomic mass is 9.95. The number of amides is 1. The standard InChI is InChI=1S/C29H27NO4/c1-5-33-22-13-11-21(12-14-22)30-26(20-9-7-19(8-10-20)17(2)3)25-27(31)23-16-18(4)6-15-24(23)34-28(25)29(30)32/h6-17,26H,5H2,1-4H3. The molecule has 0 fully saturated rings. The van der Waals surface area contributed by atoms with Gasteiger partial charge < -0.3 is 9.15 Å². The molecule has 1 aliphatic rings. The predicted octanol–water partition coefficient (Wildman–Crippen LogP) is 6.37. The van der Waals surface area contributed by atoms with Crippen molar-refractivity contribution in [2.45, 2.75) is 39.7 Å². The minimum absolute atomic E-state index is 0.105. The summed E-state index contributed by atoms with van der Waals surface area (Å²) in [5.74, 6) is 0.888. The van der Waals surface area contributed by atoms with Crippen LogP contribution in [0.4, 0.5) is 5.69 Å². The van der Waals surface area contributed by atoms with Gasteiger partial charge in [0.1, 0.15) is 11.3 Å². The van der Waals surface area contributed by atoms with Crippen LogP contribution in [-0.4, -0.2) is 12.5 Å². The molecule has 0 saturated carbocycles.